The summed E-state index contributed by atoms with van der Waals surface area (Å²) in [4.78, 5) is 14.1. The molecule has 1 unspecified atom stereocenters. The van der Waals surface area contributed by atoms with E-state index in [9.17, 15) is 9.18 Å². The summed E-state index contributed by atoms with van der Waals surface area (Å²) in [6, 6.07) is 4.52. The van der Waals surface area contributed by atoms with E-state index in [1.807, 2.05) is 6.92 Å². The molecule has 1 aromatic rings. The number of likely N-dealkylation sites (tertiary alicyclic amines) is 1. The Morgan fingerprint density at radius 1 is 1.58 bits per heavy atom. The quantitative estimate of drug-likeness (QED) is 0.852. The molecule has 3 nitrogen and oxygen atoms in total. The van der Waals surface area contributed by atoms with Crippen molar-refractivity contribution >= 4 is 21.8 Å². The smallest absolute Gasteiger partial charge is 0.255 e. The highest BCUT2D eigenvalue weighted by Gasteiger charge is 2.26. The number of amides is 1. The van der Waals surface area contributed by atoms with Crippen molar-refractivity contribution in [2.75, 3.05) is 19.7 Å². The number of carbonyl (C=O) groups excluding carboxylic acids is 1. The molecule has 0 saturated carbocycles. The Hall–Kier alpha value is -0.940. The third-order valence-corrected chi connectivity index (χ3v) is 4.06. The number of nitrogens with zero attached hydrogens (tertiary/aromatic N) is 1. The summed E-state index contributed by atoms with van der Waals surface area (Å²) >= 11 is 3.14. The van der Waals surface area contributed by atoms with E-state index < -0.39 is 5.82 Å². The standard InChI is InChI=1S/C14H17BrFNO2/c1-2-19-10-5-4-8-17(9-10)14(18)11-6-3-7-12(16)13(11)15/h3,6-7,10H,2,4-5,8-9H2,1H3. The second-order valence-electron chi connectivity index (χ2n) is 4.57. The topological polar surface area (TPSA) is 29.5 Å². The van der Waals surface area contributed by atoms with Crippen LogP contribution in [0.15, 0.2) is 22.7 Å². The van der Waals surface area contributed by atoms with Crippen LogP contribution in [0.4, 0.5) is 4.39 Å². The van der Waals surface area contributed by atoms with Gasteiger partial charge in [0.2, 0.25) is 0 Å². The molecule has 0 spiro atoms. The lowest BCUT2D eigenvalue weighted by Crippen LogP contribution is -2.43. The molecule has 1 aliphatic heterocycles. The van der Waals surface area contributed by atoms with Gasteiger partial charge < -0.3 is 9.64 Å². The molecule has 5 heteroatoms. The second kappa shape index (κ2) is 6.48. The third kappa shape index (κ3) is 3.34. The summed E-state index contributed by atoms with van der Waals surface area (Å²) in [6.45, 7) is 3.88. The average molecular weight is 330 g/mol. The molecule has 1 aliphatic rings. The molecule has 2 rings (SSSR count). The maximum Gasteiger partial charge on any atom is 0.255 e. The van der Waals surface area contributed by atoms with Gasteiger partial charge >= 0.3 is 0 Å². The minimum atomic E-state index is -0.413. The van der Waals surface area contributed by atoms with Crippen molar-refractivity contribution in [3.05, 3.63) is 34.1 Å². The van der Waals surface area contributed by atoms with E-state index in [1.54, 1.807) is 17.0 Å². The van der Waals surface area contributed by atoms with Crippen LogP contribution in [0.25, 0.3) is 0 Å². The fraction of sp³-hybridized carbons (Fsp3) is 0.500. The lowest BCUT2D eigenvalue weighted by atomic mass is 10.1. The first kappa shape index (κ1) is 14.5. The Morgan fingerprint density at radius 2 is 2.37 bits per heavy atom. The summed E-state index contributed by atoms with van der Waals surface area (Å²) in [5.41, 5.74) is 0.372. The molecule has 1 fully saturated rings. The van der Waals surface area contributed by atoms with Gasteiger partial charge in [0.15, 0.2) is 0 Å². The van der Waals surface area contributed by atoms with Crippen LogP contribution in [0, 0.1) is 5.82 Å². The molecule has 1 saturated heterocycles. The van der Waals surface area contributed by atoms with Crippen LogP contribution >= 0.6 is 15.9 Å². The van der Waals surface area contributed by atoms with Gasteiger partial charge in [0, 0.05) is 19.7 Å². The van der Waals surface area contributed by atoms with Gasteiger partial charge in [-0.3, -0.25) is 4.79 Å². The molecule has 1 amide bonds. The molecule has 0 aliphatic carbocycles. The molecule has 0 aromatic heterocycles. The van der Waals surface area contributed by atoms with Crippen molar-refractivity contribution in [2.24, 2.45) is 0 Å². The van der Waals surface area contributed by atoms with Crippen LogP contribution < -0.4 is 0 Å². The zero-order chi connectivity index (χ0) is 13.8. The molecule has 104 valence electrons. The van der Waals surface area contributed by atoms with Gasteiger partial charge in [0.1, 0.15) is 5.82 Å². The number of ether oxygens (including phenoxy) is 1. The average Bonchev–Trinajstić information content (AvgIpc) is 2.42. The van der Waals surface area contributed by atoms with Crippen molar-refractivity contribution in [3.8, 4) is 0 Å². The van der Waals surface area contributed by atoms with Crippen LogP contribution in [-0.4, -0.2) is 36.6 Å². The molecular weight excluding hydrogens is 313 g/mol. The largest absolute Gasteiger partial charge is 0.377 e. The minimum Gasteiger partial charge on any atom is -0.377 e. The third-order valence-electron chi connectivity index (χ3n) is 3.25. The molecule has 0 N–H and O–H groups in total. The fourth-order valence-corrected chi connectivity index (χ4v) is 2.77. The molecule has 1 aromatic carbocycles. The summed E-state index contributed by atoms with van der Waals surface area (Å²) < 4.78 is 19.3. The van der Waals surface area contributed by atoms with Crippen LogP contribution in [0.3, 0.4) is 0 Å². The number of piperidine rings is 1. The van der Waals surface area contributed by atoms with Crippen molar-refractivity contribution in [2.45, 2.75) is 25.9 Å². The molecule has 1 atom stereocenters. The van der Waals surface area contributed by atoms with Crippen molar-refractivity contribution in [3.63, 3.8) is 0 Å². The fourth-order valence-electron chi connectivity index (χ4n) is 2.33. The van der Waals surface area contributed by atoms with Gasteiger partial charge in [0.05, 0.1) is 16.1 Å². The van der Waals surface area contributed by atoms with E-state index in [1.165, 1.54) is 6.07 Å². The summed E-state index contributed by atoms with van der Waals surface area (Å²) in [7, 11) is 0. The van der Waals surface area contributed by atoms with Gasteiger partial charge in [-0.15, -0.1) is 0 Å². The molecular formula is C14H17BrFNO2. The maximum absolute atomic E-state index is 13.5. The lowest BCUT2D eigenvalue weighted by Gasteiger charge is -2.32. The molecule has 0 bridgehead atoms. The Morgan fingerprint density at radius 3 is 3.11 bits per heavy atom. The Labute approximate surface area is 120 Å². The van der Waals surface area contributed by atoms with Gasteiger partial charge in [-0.2, -0.15) is 0 Å². The SMILES string of the molecule is CCOC1CCCN(C(=O)c2cccc(F)c2Br)C1. The number of halogens is 2. The van der Waals surface area contributed by atoms with Crippen LogP contribution in [-0.2, 0) is 4.74 Å². The van der Waals surface area contributed by atoms with Gasteiger partial charge in [-0.05, 0) is 47.8 Å². The normalized spacial score (nSPS) is 19.5. The molecule has 19 heavy (non-hydrogen) atoms. The van der Waals surface area contributed by atoms with E-state index >= 15 is 0 Å². The maximum atomic E-state index is 13.5. The monoisotopic (exact) mass is 329 g/mol. The first-order chi connectivity index (χ1) is 9.13. The highest BCUT2D eigenvalue weighted by Crippen LogP contribution is 2.23. The van der Waals surface area contributed by atoms with Gasteiger partial charge in [-0.25, -0.2) is 4.39 Å². The Bertz CT molecular complexity index is 465. The highest BCUT2D eigenvalue weighted by molar-refractivity contribution is 9.10. The molecule has 1 heterocycles. The lowest BCUT2D eigenvalue weighted by molar-refractivity contribution is 0.00719. The van der Waals surface area contributed by atoms with Gasteiger partial charge in [-0.1, -0.05) is 6.07 Å². The van der Waals surface area contributed by atoms with E-state index in [4.69, 9.17) is 4.74 Å². The van der Waals surface area contributed by atoms with Crippen LogP contribution in [0.2, 0.25) is 0 Å². The van der Waals surface area contributed by atoms with Crippen molar-refractivity contribution in [1.29, 1.82) is 0 Å². The van der Waals surface area contributed by atoms with Crippen molar-refractivity contribution in [1.82, 2.24) is 4.90 Å². The Balaban J connectivity index is 2.12. The predicted molar refractivity (Wildman–Crippen MR) is 74.7 cm³/mol. The first-order valence-electron chi connectivity index (χ1n) is 6.48. The van der Waals surface area contributed by atoms with Crippen molar-refractivity contribution < 1.29 is 13.9 Å². The van der Waals surface area contributed by atoms with Gasteiger partial charge in [0.25, 0.3) is 5.91 Å². The zero-order valence-corrected chi connectivity index (χ0v) is 12.5. The highest BCUT2D eigenvalue weighted by atomic mass is 79.9. The zero-order valence-electron chi connectivity index (χ0n) is 10.9. The summed E-state index contributed by atoms with van der Waals surface area (Å²) in [5, 5.41) is 0. The van der Waals surface area contributed by atoms with Crippen LogP contribution in [0.5, 0.6) is 0 Å². The Kier molecular flexibility index (Phi) is 4.93. The van der Waals surface area contributed by atoms with E-state index in [0.717, 1.165) is 12.8 Å². The minimum absolute atomic E-state index is 0.0926. The van der Waals surface area contributed by atoms with E-state index in [-0.39, 0.29) is 16.5 Å². The van der Waals surface area contributed by atoms with E-state index in [2.05, 4.69) is 15.9 Å². The first-order valence-corrected chi connectivity index (χ1v) is 7.27. The number of rotatable bonds is 3. The second-order valence-corrected chi connectivity index (χ2v) is 5.37. The predicted octanol–water partition coefficient (Wildman–Crippen LogP) is 3.23. The van der Waals surface area contributed by atoms with E-state index in [0.29, 0.717) is 25.3 Å². The number of benzene rings is 1. The summed E-state index contributed by atoms with van der Waals surface area (Å²) in [5.74, 6) is -0.556. The van der Waals surface area contributed by atoms with Crippen LogP contribution in [0.1, 0.15) is 30.1 Å². The number of hydrogen-bond acceptors (Lipinski definition) is 2. The number of hydrogen-bond donors (Lipinski definition) is 0. The summed E-state index contributed by atoms with van der Waals surface area (Å²) in [6.07, 6.45) is 1.99. The number of carbonyl (C=O) groups is 1. The molecule has 0 radical (unpaired) electrons.